The van der Waals surface area contributed by atoms with Crippen molar-refractivity contribution in [1.29, 1.82) is 0 Å². The predicted molar refractivity (Wildman–Crippen MR) is 115 cm³/mol. The molecule has 174 valence electrons. The average Bonchev–Trinajstić information content (AvgIpc) is 2.77. The number of carbonyl (C=O) groups excluding carboxylic acids is 1. The van der Waals surface area contributed by atoms with E-state index in [0.717, 1.165) is 29.8 Å². The monoisotopic (exact) mass is 499 g/mol. The van der Waals surface area contributed by atoms with Crippen LogP contribution in [0.3, 0.4) is 0 Å². The molecule has 0 saturated carbocycles. The third kappa shape index (κ3) is 6.83. The minimum atomic E-state index is -4.62. The molecule has 0 bridgehead atoms. The van der Waals surface area contributed by atoms with E-state index in [-0.39, 0.29) is 34.5 Å². The molecule has 0 spiro atoms. The molecule has 0 saturated heterocycles. The van der Waals surface area contributed by atoms with E-state index in [0.29, 0.717) is 6.07 Å². The largest absolute Gasteiger partial charge is 0.482 e. The molecule has 0 radical (unpaired) electrons. The van der Waals surface area contributed by atoms with Gasteiger partial charge in [-0.2, -0.15) is 13.2 Å². The zero-order valence-electron chi connectivity index (χ0n) is 16.8. The Bertz CT molecular complexity index is 1240. The van der Waals surface area contributed by atoms with Crippen molar-refractivity contribution < 1.29 is 31.1 Å². The maximum atomic E-state index is 12.8. The summed E-state index contributed by atoms with van der Waals surface area (Å²) in [7, 11) is -4.23. The lowest BCUT2D eigenvalue weighted by Gasteiger charge is -2.13. The van der Waals surface area contributed by atoms with Gasteiger partial charge >= 0.3 is 6.18 Å². The second-order valence-corrected chi connectivity index (χ2v) is 8.79. The topological polar surface area (TPSA) is 97.4 Å². The molecule has 2 aromatic carbocycles. The second-order valence-electron chi connectivity index (χ2n) is 6.70. The lowest BCUT2D eigenvalue weighted by Crippen LogP contribution is -2.28. The zero-order valence-corrected chi connectivity index (χ0v) is 18.3. The summed E-state index contributed by atoms with van der Waals surface area (Å²) in [5, 5.41) is 2.54. The number of benzene rings is 2. The maximum Gasteiger partial charge on any atom is 0.416 e. The van der Waals surface area contributed by atoms with E-state index >= 15 is 0 Å². The van der Waals surface area contributed by atoms with Gasteiger partial charge in [-0.3, -0.25) is 14.5 Å². The van der Waals surface area contributed by atoms with E-state index < -0.39 is 27.7 Å². The first-order valence-corrected chi connectivity index (χ1v) is 11.2. The first kappa shape index (κ1) is 24.3. The van der Waals surface area contributed by atoms with Gasteiger partial charge in [-0.05, 0) is 48.0 Å². The lowest BCUT2D eigenvalue weighted by atomic mass is 10.2. The Hall–Kier alpha value is -3.31. The third-order valence-corrected chi connectivity index (χ3v) is 5.90. The molecule has 3 aromatic rings. The summed E-state index contributed by atoms with van der Waals surface area (Å²) < 4.78 is 71.0. The molecule has 3 rings (SSSR count). The van der Waals surface area contributed by atoms with Gasteiger partial charge in [0.2, 0.25) is 0 Å². The number of rotatable bonds is 8. The molecule has 33 heavy (non-hydrogen) atoms. The molecule has 0 unspecified atom stereocenters. The molecule has 2 N–H and O–H groups in total. The summed E-state index contributed by atoms with van der Waals surface area (Å²) in [6, 6.07) is 10.8. The van der Waals surface area contributed by atoms with Crippen molar-refractivity contribution in [2.75, 3.05) is 11.3 Å². The number of carbonyl (C=O) groups is 1. The molecule has 0 fully saturated rings. The molecule has 0 aliphatic rings. The van der Waals surface area contributed by atoms with E-state index in [4.69, 9.17) is 16.3 Å². The molecule has 12 heteroatoms. The van der Waals surface area contributed by atoms with Crippen LogP contribution in [0.15, 0.2) is 71.9 Å². The van der Waals surface area contributed by atoms with E-state index in [2.05, 4.69) is 15.0 Å². The number of ether oxygens (including phenoxy) is 1. The van der Waals surface area contributed by atoms with Crippen LogP contribution in [0.2, 0.25) is 5.02 Å². The molecule has 0 aliphatic carbocycles. The molecular formula is C21H17ClF3N3O4S. The SMILES string of the molecule is O=C(COc1ccc(S(=O)(=O)Nc2cccc(C(F)(F)F)c2)cc1Cl)NCc1cccnc1. The van der Waals surface area contributed by atoms with Crippen molar-refractivity contribution >= 4 is 33.2 Å². The number of sulfonamides is 1. The van der Waals surface area contributed by atoms with Crippen LogP contribution in [-0.4, -0.2) is 25.9 Å². The first-order chi connectivity index (χ1) is 15.5. The molecular weight excluding hydrogens is 483 g/mol. The van der Waals surface area contributed by atoms with Crippen molar-refractivity contribution in [1.82, 2.24) is 10.3 Å². The van der Waals surface area contributed by atoms with Gasteiger partial charge in [0.25, 0.3) is 15.9 Å². The van der Waals surface area contributed by atoms with Crippen molar-refractivity contribution in [2.45, 2.75) is 17.6 Å². The minimum absolute atomic E-state index is 0.0613. The lowest BCUT2D eigenvalue weighted by molar-refractivity contribution is -0.137. The fraction of sp³-hybridized carbons (Fsp3) is 0.143. The molecule has 1 heterocycles. The molecule has 1 amide bonds. The standard InChI is InChI=1S/C21H17ClF3N3O4S/c22-18-10-17(33(30,31)28-16-5-1-4-15(9-16)21(23,24)25)6-7-19(18)32-13-20(29)27-12-14-3-2-8-26-11-14/h1-11,28H,12-13H2,(H,27,29). The van der Waals surface area contributed by atoms with Gasteiger partial charge < -0.3 is 10.1 Å². The highest BCUT2D eigenvalue weighted by Gasteiger charge is 2.30. The Kier molecular flexibility index (Phi) is 7.44. The number of amides is 1. The van der Waals surface area contributed by atoms with Gasteiger partial charge in [0.1, 0.15) is 5.75 Å². The number of hydrogen-bond donors (Lipinski definition) is 2. The number of anilines is 1. The summed E-state index contributed by atoms with van der Waals surface area (Å²) in [5.74, 6) is -0.371. The number of nitrogens with zero attached hydrogens (tertiary/aromatic N) is 1. The third-order valence-electron chi connectivity index (χ3n) is 4.23. The van der Waals surface area contributed by atoms with Crippen LogP contribution in [0.25, 0.3) is 0 Å². The normalized spacial score (nSPS) is 11.6. The smallest absolute Gasteiger partial charge is 0.416 e. The van der Waals surface area contributed by atoms with Crippen LogP contribution in [-0.2, 0) is 27.5 Å². The number of halogens is 4. The van der Waals surface area contributed by atoms with Crippen LogP contribution in [0.5, 0.6) is 5.75 Å². The van der Waals surface area contributed by atoms with Crippen LogP contribution in [0, 0.1) is 0 Å². The Morgan fingerprint density at radius 1 is 1.09 bits per heavy atom. The summed E-state index contributed by atoms with van der Waals surface area (Å²) in [4.78, 5) is 15.6. The fourth-order valence-corrected chi connectivity index (χ4v) is 4.01. The van der Waals surface area contributed by atoms with Gasteiger partial charge in [-0.1, -0.05) is 23.7 Å². The first-order valence-electron chi connectivity index (χ1n) is 9.32. The number of hydrogen-bond acceptors (Lipinski definition) is 5. The Morgan fingerprint density at radius 3 is 2.55 bits per heavy atom. The maximum absolute atomic E-state index is 12.8. The minimum Gasteiger partial charge on any atom is -0.482 e. The van der Waals surface area contributed by atoms with Crippen LogP contribution in [0.4, 0.5) is 18.9 Å². The summed E-state index contributed by atoms with van der Waals surface area (Å²) in [5.41, 5.74) is -0.454. The molecule has 0 atom stereocenters. The average molecular weight is 500 g/mol. The molecule has 1 aromatic heterocycles. The van der Waals surface area contributed by atoms with Crippen LogP contribution in [0.1, 0.15) is 11.1 Å². The van der Waals surface area contributed by atoms with Gasteiger partial charge in [0.05, 0.1) is 15.5 Å². The quantitative estimate of drug-likeness (QED) is 0.483. The number of alkyl halides is 3. The highest BCUT2D eigenvalue weighted by atomic mass is 35.5. The number of aromatic nitrogens is 1. The van der Waals surface area contributed by atoms with E-state index in [1.54, 1.807) is 24.5 Å². The van der Waals surface area contributed by atoms with Gasteiger partial charge in [-0.15, -0.1) is 0 Å². The highest BCUT2D eigenvalue weighted by molar-refractivity contribution is 7.92. The van der Waals surface area contributed by atoms with Crippen molar-refractivity contribution in [3.63, 3.8) is 0 Å². The molecule has 0 aliphatic heterocycles. The zero-order chi connectivity index (χ0) is 24.1. The number of pyridine rings is 1. The summed E-state index contributed by atoms with van der Waals surface area (Å²) in [6.45, 7) is -0.114. The van der Waals surface area contributed by atoms with E-state index in [1.807, 2.05) is 0 Å². The van der Waals surface area contributed by atoms with Gasteiger partial charge in [0, 0.05) is 24.6 Å². The Morgan fingerprint density at radius 2 is 1.88 bits per heavy atom. The van der Waals surface area contributed by atoms with Gasteiger partial charge in [-0.25, -0.2) is 8.42 Å². The van der Waals surface area contributed by atoms with Gasteiger partial charge in [0.15, 0.2) is 6.61 Å². The van der Waals surface area contributed by atoms with Crippen LogP contribution >= 0.6 is 11.6 Å². The Labute approximate surface area is 192 Å². The second kappa shape index (κ2) is 10.1. The fourth-order valence-electron chi connectivity index (χ4n) is 2.64. The van der Waals surface area contributed by atoms with Crippen LogP contribution < -0.4 is 14.8 Å². The predicted octanol–water partition coefficient (Wildman–Crippen LogP) is 4.25. The van der Waals surface area contributed by atoms with E-state index in [9.17, 15) is 26.4 Å². The summed E-state index contributed by atoms with van der Waals surface area (Å²) >= 11 is 6.07. The van der Waals surface area contributed by atoms with E-state index in [1.165, 1.54) is 12.1 Å². The van der Waals surface area contributed by atoms with Crippen molar-refractivity contribution in [3.8, 4) is 5.75 Å². The molecule has 7 nitrogen and oxygen atoms in total. The van der Waals surface area contributed by atoms with Crippen molar-refractivity contribution in [3.05, 3.63) is 83.1 Å². The van der Waals surface area contributed by atoms with Crippen molar-refractivity contribution in [2.24, 2.45) is 0 Å². The highest BCUT2D eigenvalue weighted by Crippen LogP contribution is 2.32. The summed E-state index contributed by atoms with van der Waals surface area (Å²) in [6.07, 6.45) is -1.41. The number of nitrogens with one attached hydrogen (secondary N) is 2. The Balaban J connectivity index is 1.62.